The Morgan fingerprint density at radius 2 is 0.778 bits per heavy atom. The number of unbranched alkanes of at least 4 members (excludes halogenated alkanes) is 15. The normalized spacial score (nSPS) is 12.9. The van der Waals surface area contributed by atoms with Gasteiger partial charge in [0.15, 0.2) is 12.6 Å². The Kier molecular flexibility index (Phi) is 26.1. The van der Waals surface area contributed by atoms with E-state index in [0.29, 0.717) is 26.1 Å². The third kappa shape index (κ3) is 25.9. The van der Waals surface area contributed by atoms with E-state index >= 15 is 0 Å². The molecule has 0 N–H and O–H groups in total. The molecule has 2 atom stereocenters. The third-order valence-corrected chi connectivity index (χ3v) is 6.31. The summed E-state index contributed by atoms with van der Waals surface area (Å²) in [5.41, 5.74) is 0. The van der Waals surface area contributed by atoms with Crippen LogP contribution in [0.4, 0.5) is 0 Å². The molecule has 0 bridgehead atoms. The molecule has 0 aromatic carbocycles. The number of hydrogen-bond donors (Lipinski definition) is 0. The van der Waals surface area contributed by atoms with Crippen molar-refractivity contribution in [2.75, 3.05) is 13.2 Å². The molecule has 0 fully saturated rings. The standard InChI is InChI=1S/C30H58O6/c1-5-7-9-11-13-15-17-21-25-33-27(3)35-29(31)23-19-20-24-30(32)36-28(4)34-26-22-18-16-14-12-10-8-6-2/h27-28H,5-26H2,1-4H3. The first-order chi connectivity index (χ1) is 17.5. The van der Waals surface area contributed by atoms with Crippen LogP contribution in [-0.4, -0.2) is 37.7 Å². The number of carbonyl (C=O) groups excluding carboxylic acids is 2. The number of ether oxygens (including phenoxy) is 4. The minimum atomic E-state index is -0.522. The van der Waals surface area contributed by atoms with Crippen molar-refractivity contribution < 1.29 is 28.5 Å². The Bertz CT molecular complexity index is 452. The van der Waals surface area contributed by atoms with Gasteiger partial charge in [-0.1, -0.05) is 104 Å². The van der Waals surface area contributed by atoms with Gasteiger partial charge < -0.3 is 18.9 Å². The lowest BCUT2D eigenvalue weighted by atomic mass is 10.1. The highest BCUT2D eigenvalue weighted by molar-refractivity contribution is 5.70. The van der Waals surface area contributed by atoms with Gasteiger partial charge in [0.05, 0.1) is 13.2 Å². The SMILES string of the molecule is CCCCCCCCCCOC(C)OC(=O)CCCCC(=O)OC(C)OCCCCCCCCCC. The lowest BCUT2D eigenvalue weighted by molar-refractivity contribution is -0.177. The first-order valence-corrected chi connectivity index (χ1v) is 15.1. The van der Waals surface area contributed by atoms with Crippen molar-refractivity contribution in [1.82, 2.24) is 0 Å². The van der Waals surface area contributed by atoms with E-state index in [2.05, 4.69) is 13.8 Å². The average Bonchev–Trinajstić information content (AvgIpc) is 2.84. The monoisotopic (exact) mass is 514 g/mol. The van der Waals surface area contributed by atoms with Crippen LogP contribution in [0.3, 0.4) is 0 Å². The highest BCUT2D eigenvalue weighted by Gasteiger charge is 2.12. The molecule has 214 valence electrons. The Balaban J connectivity index is 3.54. The van der Waals surface area contributed by atoms with Gasteiger partial charge in [-0.3, -0.25) is 9.59 Å². The minimum Gasteiger partial charge on any atom is -0.436 e. The first-order valence-electron chi connectivity index (χ1n) is 15.1. The Labute approximate surface area is 222 Å². The van der Waals surface area contributed by atoms with Crippen LogP contribution >= 0.6 is 0 Å². The Morgan fingerprint density at radius 1 is 0.472 bits per heavy atom. The van der Waals surface area contributed by atoms with Gasteiger partial charge in [0.25, 0.3) is 0 Å². The molecule has 0 heterocycles. The van der Waals surface area contributed by atoms with Crippen molar-refractivity contribution >= 4 is 11.9 Å². The lowest BCUT2D eigenvalue weighted by Crippen LogP contribution is -2.19. The minimum absolute atomic E-state index is 0.281. The van der Waals surface area contributed by atoms with Gasteiger partial charge in [-0.05, 0) is 39.5 Å². The zero-order valence-corrected chi connectivity index (χ0v) is 24.2. The molecule has 6 nitrogen and oxygen atoms in total. The molecule has 0 aliphatic heterocycles. The van der Waals surface area contributed by atoms with Crippen molar-refractivity contribution in [2.24, 2.45) is 0 Å². The average molecular weight is 515 g/mol. The molecule has 0 aromatic rings. The summed E-state index contributed by atoms with van der Waals surface area (Å²) < 4.78 is 21.8. The molecule has 0 saturated heterocycles. The van der Waals surface area contributed by atoms with Crippen LogP contribution in [-0.2, 0) is 28.5 Å². The molecule has 36 heavy (non-hydrogen) atoms. The fourth-order valence-electron chi connectivity index (χ4n) is 4.07. The van der Waals surface area contributed by atoms with E-state index < -0.39 is 12.6 Å². The van der Waals surface area contributed by atoms with E-state index in [1.165, 1.54) is 77.0 Å². The summed E-state index contributed by atoms with van der Waals surface area (Å²) in [7, 11) is 0. The molecule has 0 saturated carbocycles. The summed E-state index contributed by atoms with van der Waals surface area (Å²) >= 11 is 0. The maximum absolute atomic E-state index is 12.0. The quantitative estimate of drug-likeness (QED) is 0.0620. The van der Waals surface area contributed by atoms with E-state index in [-0.39, 0.29) is 24.8 Å². The molecule has 6 heteroatoms. The fraction of sp³-hybridized carbons (Fsp3) is 0.933. The van der Waals surface area contributed by atoms with Gasteiger partial charge in [0.2, 0.25) is 0 Å². The van der Waals surface area contributed by atoms with Crippen molar-refractivity contribution in [1.29, 1.82) is 0 Å². The summed E-state index contributed by atoms with van der Waals surface area (Å²) in [6.07, 6.45) is 20.7. The van der Waals surface area contributed by atoms with Crippen LogP contribution in [0.25, 0.3) is 0 Å². The molecule has 0 spiro atoms. The summed E-state index contributed by atoms with van der Waals surface area (Å²) in [6, 6.07) is 0. The highest BCUT2D eigenvalue weighted by atomic mass is 16.7. The van der Waals surface area contributed by atoms with Crippen LogP contribution in [0.15, 0.2) is 0 Å². The largest absolute Gasteiger partial charge is 0.436 e. The molecule has 0 aromatic heterocycles. The van der Waals surface area contributed by atoms with Gasteiger partial charge in [0.1, 0.15) is 0 Å². The second-order valence-corrected chi connectivity index (χ2v) is 10.0. The highest BCUT2D eigenvalue weighted by Crippen LogP contribution is 2.11. The summed E-state index contributed by atoms with van der Waals surface area (Å²) in [6.45, 7) is 9.23. The second kappa shape index (κ2) is 26.9. The van der Waals surface area contributed by atoms with E-state index in [1.54, 1.807) is 13.8 Å². The van der Waals surface area contributed by atoms with Crippen LogP contribution in [0.5, 0.6) is 0 Å². The van der Waals surface area contributed by atoms with Crippen molar-refractivity contribution in [3.05, 3.63) is 0 Å². The smallest absolute Gasteiger partial charge is 0.308 e. The van der Waals surface area contributed by atoms with Crippen LogP contribution in [0, 0.1) is 0 Å². The van der Waals surface area contributed by atoms with E-state index in [4.69, 9.17) is 18.9 Å². The zero-order valence-electron chi connectivity index (χ0n) is 24.2. The van der Waals surface area contributed by atoms with Gasteiger partial charge in [-0.15, -0.1) is 0 Å². The van der Waals surface area contributed by atoms with E-state index in [1.807, 2.05) is 0 Å². The van der Waals surface area contributed by atoms with Crippen LogP contribution < -0.4 is 0 Å². The Morgan fingerprint density at radius 3 is 1.11 bits per heavy atom. The molecular weight excluding hydrogens is 456 g/mol. The molecular formula is C30H58O6. The number of esters is 2. The first kappa shape index (κ1) is 34.9. The second-order valence-electron chi connectivity index (χ2n) is 10.0. The molecule has 0 radical (unpaired) electrons. The molecule has 2 unspecified atom stereocenters. The summed E-state index contributed by atoms with van der Waals surface area (Å²) in [5, 5.41) is 0. The zero-order chi connectivity index (χ0) is 26.7. The molecule has 0 aliphatic carbocycles. The Hall–Kier alpha value is -1.14. The van der Waals surface area contributed by atoms with Gasteiger partial charge in [-0.2, -0.15) is 0 Å². The fourth-order valence-corrected chi connectivity index (χ4v) is 4.07. The molecule has 0 aliphatic rings. The summed E-state index contributed by atoms with van der Waals surface area (Å²) in [5.74, 6) is -0.567. The number of hydrogen-bond acceptors (Lipinski definition) is 6. The molecule has 0 rings (SSSR count). The van der Waals surface area contributed by atoms with Gasteiger partial charge in [0, 0.05) is 12.8 Å². The predicted molar refractivity (Wildman–Crippen MR) is 147 cm³/mol. The maximum Gasteiger partial charge on any atom is 0.308 e. The maximum atomic E-state index is 12.0. The number of rotatable bonds is 27. The lowest BCUT2D eigenvalue weighted by Gasteiger charge is -2.15. The summed E-state index contributed by atoms with van der Waals surface area (Å²) in [4.78, 5) is 23.9. The van der Waals surface area contributed by atoms with Crippen LogP contribution in [0.1, 0.15) is 156 Å². The predicted octanol–water partition coefficient (Wildman–Crippen LogP) is 8.64. The number of carbonyl (C=O) groups is 2. The van der Waals surface area contributed by atoms with Crippen LogP contribution in [0.2, 0.25) is 0 Å². The van der Waals surface area contributed by atoms with E-state index in [9.17, 15) is 9.59 Å². The van der Waals surface area contributed by atoms with E-state index in [0.717, 1.165) is 25.7 Å². The van der Waals surface area contributed by atoms with Gasteiger partial charge >= 0.3 is 11.9 Å². The van der Waals surface area contributed by atoms with Gasteiger partial charge in [-0.25, -0.2) is 0 Å². The van der Waals surface area contributed by atoms with Crippen molar-refractivity contribution in [3.8, 4) is 0 Å². The third-order valence-electron chi connectivity index (χ3n) is 6.31. The topological polar surface area (TPSA) is 71.1 Å². The molecule has 0 amide bonds. The van der Waals surface area contributed by atoms with Crippen molar-refractivity contribution in [2.45, 2.75) is 169 Å². The van der Waals surface area contributed by atoms with Crippen molar-refractivity contribution in [3.63, 3.8) is 0 Å².